The number of hydrogen-bond donors (Lipinski definition) is 1. The average molecular weight is 253 g/mol. The van der Waals surface area contributed by atoms with E-state index in [1.165, 1.54) is 24.0 Å². The van der Waals surface area contributed by atoms with Gasteiger partial charge < -0.3 is 5.32 Å². The van der Waals surface area contributed by atoms with Gasteiger partial charge in [-0.2, -0.15) is 0 Å². The van der Waals surface area contributed by atoms with Crippen molar-refractivity contribution in [2.45, 2.75) is 32.1 Å². The summed E-state index contributed by atoms with van der Waals surface area (Å²) in [6.07, 6.45) is 7.21. The molecule has 19 heavy (non-hydrogen) atoms. The van der Waals surface area contributed by atoms with E-state index >= 15 is 0 Å². The van der Waals surface area contributed by atoms with Crippen molar-refractivity contribution in [3.05, 3.63) is 42.2 Å². The lowest BCUT2D eigenvalue weighted by atomic mass is 10.0. The smallest absolute Gasteiger partial charge is 0.152 e. The van der Waals surface area contributed by atoms with Gasteiger partial charge in [0.25, 0.3) is 0 Å². The second-order valence-corrected chi connectivity index (χ2v) is 5.04. The average Bonchev–Trinajstić information content (AvgIpc) is 3.30. The molecule has 0 unspecified atom stereocenters. The zero-order chi connectivity index (χ0) is 13.1. The molecule has 0 aliphatic heterocycles. The van der Waals surface area contributed by atoms with Gasteiger partial charge in [0.05, 0.1) is 0 Å². The van der Waals surface area contributed by atoms with Gasteiger partial charge in [-0.05, 0) is 30.7 Å². The minimum absolute atomic E-state index is 0.720. The van der Waals surface area contributed by atoms with E-state index in [9.17, 15) is 0 Å². The molecule has 1 N–H and O–H groups in total. The van der Waals surface area contributed by atoms with Crippen molar-refractivity contribution in [3.63, 3.8) is 0 Å². The van der Waals surface area contributed by atoms with Crippen LogP contribution in [0.15, 0.2) is 36.7 Å². The lowest BCUT2D eigenvalue weighted by Gasteiger charge is -2.12. The summed E-state index contributed by atoms with van der Waals surface area (Å²) in [5.74, 6) is 1.62. The Bertz CT molecular complexity index is 561. The molecule has 0 amide bonds. The summed E-state index contributed by atoms with van der Waals surface area (Å²) in [6.45, 7) is 3.08. The largest absolute Gasteiger partial charge is 0.368 e. The van der Waals surface area contributed by atoms with Crippen molar-refractivity contribution in [2.24, 2.45) is 0 Å². The first-order valence-electron chi connectivity index (χ1n) is 7.04. The van der Waals surface area contributed by atoms with Crippen molar-refractivity contribution in [1.82, 2.24) is 9.97 Å². The van der Waals surface area contributed by atoms with E-state index in [1.807, 2.05) is 0 Å². The molecule has 1 saturated carbocycles. The van der Waals surface area contributed by atoms with E-state index < -0.39 is 0 Å². The Morgan fingerprint density at radius 1 is 1.16 bits per heavy atom. The summed E-state index contributed by atoms with van der Waals surface area (Å²) < 4.78 is 0. The van der Waals surface area contributed by atoms with Gasteiger partial charge in [0.2, 0.25) is 0 Å². The molecular formula is C16H19N3. The monoisotopic (exact) mass is 253 g/mol. The highest BCUT2D eigenvalue weighted by Gasteiger charge is 2.27. The Hall–Kier alpha value is -1.90. The van der Waals surface area contributed by atoms with Gasteiger partial charge in [0.1, 0.15) is 5.69 Å². The third-order valence-electron chi connectivity index (χ3n) is 3.47. The lowest BCUT2D eigenvalue weighted by molar-refractivity contribution is 0.965. The number of hydrogen-bond acceptors (Lipinski definition) is 3. The van der Waals surface area contributed by atoms with Crippen LogP contribution in [0.25, 0.3) is 11.3 Å². The Kier molecular flexibility index (Phi) is 3.45. The Morgan fingerprint density at radius 2 is 1.95 bits per heavy atom. The molecule has 1 aromatic heterocycles. The summed E-state index contributed by atoms with van der Waals surface area (Å²) in [6, 6.07) is 8.59. The van der Waals surface area contributed by atoms with Crippen molar-refractivity contribution < 1.29 is 0 Å². The predicted octanol–water partition coefficient (Wildman–Crippen LogP) is 3.84. The van der Waals surface area contributed by atoms with E-state index in [0.717, 1.165) is 30.4 Å². The number of nitrogens with one attached hydrogen (secondary N) is 1. The first kappa shape index (κ1) is 12.2. The van der Waals surface area contributed by atoms with Gasteiger partial charge >= 0.3 is 0 Å². The molecule has 0 saturated heterocycles. The molecule has 0 radical (unpaired) electrons. The maximum absolute atomic E-state index is 4.55. The first-order chi connectivity index (χ1) is 9.40. The van der Waals surface area contributed by atoms with Crippen molar-refractivity contribution in [1.29, 1.82) is 0 Å². The van der Waals surface area contributed by atoms with Gasteiger partial charge in [-0.1, -0.05) is 31.2 Å². The van der Waals surface area contributed by atoms with Gasteiger partial charge in [-0.15, -0.1) is 0 Å². The molecule has 3 heteroatoms. The third kappa shape index (κ3) is 2.60. The zero-order valence-electron chi connectivity index (χ0n) is 11.3. The molecule has 1 fully saturated rings. The fourth-order valence-corrected chi connectivity index (χ4v) is 2.37. The molecule has 2 aromatic rings. The first-order valence-corrected chi connectivity index (χ1v) is 7.04. The Labute approximate surface area is 114 Å². The third-order valence-corrected chi connectivity index (χ3v) is 3.47. The summed E-state index contributed by atoms with van der Waals surface area (Å²) in [5.41, 5.74) is 3.64. The molecule has 1 aliphatic rings. The highest BCUT2D eigenvalue weighted by Crippen LogP contribution is 2.44. The van der Waals surface area contributed by atoms with Crippen LogP contribution in [0.3, 0.4) is 0 Å². The maximum atomic E-state index is 4.55. The summed E-state index contributed by atoms with van der Waals surface area (Å²) in [5, 5.41) is 3.37. The second-order valence-electron chi connectivity index (χ2n) is 5.04. The van der Waals surface area contributed by atoms with Gasteiger partial charge in [0, 0.05) is 24.5 Å². The topological polar surface area (TPSA) is 37.8 Å². The molecular weight excluding hydrogens is 234 g/mol. The molecule has 1 aromatic carbocycles. The van der Waals surface area contributed by atoms with E-state index in [0.29, 0.717) is 0 Å². The van der Waals surface area contributed by atoms with Crippen LogP contribution in [-0.4, -0.2) is 16.5 Å². The zero-order valence-corrected chi connectivity index (χ0v) is 11.3. The second kappa shape index (κ2) is 5.39. The van der Waals surface area contributed by atoms with Crippen LogP contribution < -0.4 is 5.32 Å². The van der Waals surface area contributed by atoms with Crippen molar-refractivity contribution >= 4 is 5.82 Å². The minimum Gasteiger partial charge on any atom is -0.368 e. The summed E-state index contributed by atoms with van der Waals surface area (Å²) in [4.78, 5) is 8.99. The number of nitrogens with zero attached hydrogens (tertiary/aromatic N) is 2. The minimum atomic E-state index is 0.720. The van der Waals surface area contributed by atoms with Crippen LogP contribution in [0.2, 0.25) is 0 Å². The normalized spacial score (nSPS) is 14.4. The van der Waals surface area contributed by atoms with Crippen LogP contribution in [0.5, 0.6) is 0 Å². The van der Waals surface area contributed by atoms with Crippen LogP contribution in [0, 0.1) is 0 Å². The highest BCUT2D eigenvalue weighted by molar-refractivity contribution is 5.74. The van der Waals surface area contributed by atoms with Gasteiger partial charge in [0.15, 0.2) is 5.82 Å². The Balaban J connectivity index is 2.01. The maximum Gasteiger partial charge on any atom is 0.152 e. The van der Waals surface area contributed by atoms with Crippen LogP contribution in [0.1, 0.15) is 37.7 Å². The lowest BCUT2D eigenvalue weighted by Crippen LogP contribution is -2.05. The van der Waals surface area contributed by atoms with E-state index in [-0.39, 0.29) is 0 Å². The van der Waals surface area contributed by atoms with E-state index in [2.05, 4.69) is 46.5 Å². The Morgan fingerprint density at radius 3 is 2.74 bits per heavy atom. The molecule has 1 heterocycles. The van der Waals surface area contributed by atoms with E-state index in [1.54, 1.807) is 12.4 Å². The predicted molar refractivity (Wildman–Crippen MR) is 78.2 cm³/mol. The molecule has 1 aliphatic carbocycles. The van der Waals surface area contributed by atoms with Gasteiger partial charge in [-0.25, -0.2) is 4.98 Å². The van der Waals surface area contributed by atoms with Crippen LogP contribution in [-0.2, 0) is 0 Å². The van der Waals surface area contributed by atoms with Crippen molar-refractivity contribution in [3.8, 4) is 11.3 Å². The number of aromatic nitrogens is 2. The fourth-order valence-electron chi connectivity index (χ4n) is 2.37. The SMILES string of the molecule is CCCNc1nccnc1-c1ccccc1C1CC1. The summed E-state index contributed by atoms with van der Waals surface area (Å²) >= 11 is 0. The summed E-state index contributed by atoms with van der Waals surface area (Å²) in [7, 11) is 0. The van der Waals surface area contributed by atoms with Crippen LogP contribution in [0.4, 0.5) is 5.82 Å². The standard InChI is InChI=1S/C16H19N3/c1-2-9-18-16-15(17-10-11-19-16)14-6-4-3-5-13(14)12-7-8-12/h3-6,10-12H,2,7-9H2,1H3,(H,18,19). The number of benzene rings is 1. The molecule has 3 nitrogen and oxygen atoms in total. The van der Waals surface area contributed by atoms with Crippen LogP contribution >= 0.6 is 0 Å². The molecule has 0 atom stereocenters. The number of rotatable bonds is 5. The highest BCUT2D eigenvalue weighted by atomic mass is 15.0. The molecule has 98 valence electrons. The quantitative estimate of drug-likeness (QED) is 0.879. The molecule has 0 spiro atoms. The number of anilines is 1. The molecule has 3 rings (SSSR count). The van der Waals surface area contributed by atoms with E-state index in [4.69, 9.17) is 0 Å². The molecule has 0 bridgehead atoms. The van der Waals surface area contributed by atoms with Crippen molar-refractivity contribution in [2.75, 3.05) is 11.9 Å². The van der Waals surface area contributed by atoms with Gasteiger partial charge in [-0.3, -0.25) is 4.98 Å². The fraction of sp³-hybridized carbons (Fsp3) is 0.375.